The molecule has 19 heavy (non-hydrogen) atoms. The largest absolute Gasteiger partial charge is 0.480 e. The maximum absolute atomic E-state index is 12.2. The molecule has 2 rings (SSSR count). The SMILES string of the molecule is CCOC1CC(CC(=O)N2CCC(C)C2C(=O)O)C1. The zero-order valence-corrected chi connectivity index (χ0v) is 11.7. The fourth-order valence-corrected chi connectivity index (χ4v) is 3.18. The number of hydrogen-bond acceptors (Lipinski definition) is 3. The van der Waals surface area contributed by atoms with Gasteiger partial charge in [-0.1, -0.05) is 6.92 Å². The summed E-state index contributed by atoms with van der Waals surface area (Å²) in [7, 11) is 0. The maximum atomic E-state index is 12.2. The highest BCUT2D eigenvalue weighted by Gasteiger charge is 2.41. The molecule has 1 heterocycles. The van der Waals surface area contributed by atoms with E-state index in [2.05, 4.69) is 0 Å². The second-order valence-corrected chi connectivity index (χ2v) is 5.76. The Labute approximate surface area is 113 Å². The molecule has 5 heteroatoms. The van der Waals surface area contributed by atoms with Gasteiger partial charge in [0.2, 0.25) is 5.91 Å². The number of carbonyl (C=O) groups is 2. The van der Waals surface area contributed by atoms with E-state index >= 15 is 0 Å². The van der Waals surface area contributed by atoms with Gasteiger partial charge in [-0.3, -0.25) is 4.79 Å². The van der Waals surface area contributed by atoms with Crippen molar-refractivity contribution in [1.29, 1.82) is 0 Å². The molecule has 2 unspecified atom stereocenters. The van der Waals surface area contributed by atoms with Crippen molar-refractivity contribution in [1.82, 2.24) is 4.90 Å². The van der Waals surface area contributed by atoms with Crippen molar-refractivity contribution < 1.29 is 19.4 Å². The number of aliphatic carboxylic acids is 1. The molecule has 0 aromatic rings. The Kier molecular flexibility index (Phi) is 4.45. The van der Waals surface area contributed by atoms with Gasteiger partial charge in [0.25, 0.3) is 0 Å². The molecule has 0 aromatic heterocycles. The third-order valence-electron chi connectivity index (χ3n) is 4.33. The van der Waals surface area contributed by atoms with Gasteiger partial charge < -0.3 is 14.7 Å². The van der Waals surface area contributed by atoms with Crippen LogP contribution in [-0.2, 0) is 14.3 Å². The summed E-state index contributed by atoms with van der Waals surface area (Å²) in [6.45, 7) is 5.18. The lowest BCUT2D eigenvalue weighted by atomic mass is 9.79. The van der Waals surface area contributed by atoms with Crippen LogP contribution >= 0.6 is 0 Å². The van der Waals surface area contributed by atoms with Gasteiger partial charge in [0, 0.05) is 19.6 Å². The lowest BCUT2D eigenvalue weighted by Crippen LogP contribution is -2.44. The summed E-state index contributed by atoms with van der Waals surface area (Å²) in [4.78, 5) is 25.0. The van der Waals surface area contributed by atoms with E-state index < -0.39 is 12.0 Å². The summed E-state index contributed by atoms with van der Waals surface area (Å²) >= 11 is 0. The predicted octanol–water partition coefficient (Wildman–Crippen LogP) is 1.51. The van der Waals surface area contributed by atoms with Crippen LogP contribution in [0.2, 0.25) is 0 Å². The van der Waals surface area contributed by atoms with E-state index in [9.17, 15) is 14.7 Å². The van der Waals surface area contributed by atoms with E-state index in [1.807, 2.05) is 13.8 Å². The first-order chi connectivity index (χ1) is 9.02. The van der Waals surface area contributed by atoms with Crippen molar-refractivity contribution in [3.63, 3.8) is 0 Å². The number of carbonyl (C=O) groups excluding carboxylic acids is 1. The molecule has 2 atom stereocenters. The maximum Gasteiger partial charge on any atom is 0.326 e. The summed E-state index contributed by atoms with van der Waals surface area (Å²) in [5, 5.41) is 9.21. The number of hydrogen-bond donors (Lipinski definition) is 1. The first kappa shape index (κ1) is 14.3. The first-order valence-electron chi connectivity index (χ1n) is 7.16. The summed E-state index contributed by atoms with van der Waals surface area (Å²) in [6, 6.07) is -0.629. The molecule has 1 N–H and O–H groups in total. The number of nitrogens with zero attached hydrogens (tertiary/aromatic N) is 1. The fraction of sp³-hybridized carbons (Fsp3) is 0.857. The first-order valence-corrected chi connectivity index (χ1v) is 7.16. The molecule has 1 saturated heterocycles. The van der Waals surface area contributed by atoms with Gasteiger partial charge in [-0.2, -0.15) is 0 Å². The zero-order valence-electron chi connectivity index (χ0n) is 11.7. The zero-order chi connectivity index (χ0) is 14.0. The minimum atomic E-state index is -0.876. The third-order valence-corrected chi connectivity index (χ3v) is 4.33. The molecule has 108 valence electrons. The number of carboxylic acids is 1. The minimum absolute atomic E-state index is 0.00306. The minimum Gasteiger partial charge on any atom is -0.480 e. The number of amides is 1. The van der Waals surface area contributed by atoms with Crippen molar-refractivity contribution in [2.45, 2.75) is 51.7 Å². The second kappa shape index (κ2) is 5.90. The Balaban J connectivity index is 1.82. The van der Waals surface area contributed by atoms with Gasteiger partial charge in [-0.05, 0) is 38.0 Å². The van der Waals surface area contributed by atoms with Crippen molar-refractivity contribution >= 4 is 11.9 Å². The average molecular weight is 269 g/mol. The Morgan fingerprint density at radius 1 is 1.37 bits per heavy atom. The Bertz CT molecular complexity index is 351. The molecule has 5 nitrogen and oxygen atoms in total. The van der Waals surface area contributed by atoms with Crippen LogP contribution in [0, 0.1) is 11.8 Å². The van der Waals surface area contributed by atoms with Crippen LogP contribution in [0.15, 0.2) is 0 Å². The predicted molar refractivity (Wildman–Crippen MR) is 69.7 cm³/mol. The molecule has 2 aliphatic rings. The molecule has 0 aromatic carbocycles. The highest BCUT2D eigenvalue weighted by Crippen LogP contribution is 2.34. The van der Waals surface area contributed by atoms with Crippen LogP contribution in [0.5, 0.6) is 0 Å². The molecule has 1 saturated carbocycles. The molecule has 2 fully saturated rings. The quantitative estimate of drug-likeness (QED) is 0.821. The third kappa shape index (κ3) is 3.08. The van der Waals surface area contributed by atoms with E-state index in [0.29, 0.717) is 25.0 Å². The molecule has 0 radical (unpaired) electrons. The fourth-order valence-electron chi connectivity index (χ4n) is 3.18. The lowest BCUT2D eigenvalue weighted by molar-refractivity contribution is -0.150. The molecule has 1 amide bonds. The van der Waals surface area contributed by atoms with Gasteiger partial charge in [0.15, 0.2) is 0 Å². The molecule has 1 aliphatic heterocycles. The number of carboxylic acid groups (broad SMARTS) is 1. The molecule has 0 bridgehead atoms. The topological polar surface area (TPSA) is 66.8 Å². The highest BCUT2D eigenvalue weighted by molar-refractivity contribution is 5.84. The van der Waals surface area contributed by atoms with Crippen LogP contribution in [-0.4, -0.2) is 47.2 Å². The summed E-state index contributed by atoms with van der Waals surface area (Å²) < 4.78 is 5.47. The van der Waals surface area contributed by atoms with Crippen LogP contribution < -0.4 is 0 Å². The van der Waals surface area contributed by atoms with Crippen LogP contribution in [0.25, 0.3) is 0 Å². The molecular weight excluding hydrogens is 246 g/mol. The van der Waals surface area contributed by atoms with Gasteiger partial charge in [-0.25, -0.2) is 4.79 Å². The van der Waals surface area contributed by atoms with Crippen LogP contribution in [0.1, 0.15) is 39.5 Å². The van der Waals surface area contributed by atoms with Crippen LogP contribution in [0.3, 0.4) is 0 Å². The Morgan fingerprint density at radius 3 is 2.63 bits per heavy atom. The van der Waals surface area contributed by atoms with E-state index in [-0.39, 0.29) is 11.8 Å². The number of ether oxygens (including phenoxy) is 1. The lowest BCUT2D eigenvalue weighted by Gasteiger charge is -2.35. The normalized spacial score (nSPS) is 34.1. The van der Waals surface area contributed by atoms with E-state index in [1.54, 1.807) is 4.90 Å². The molecule has 0 spiro atoms. The summed E-state index contributed by atoms with van der Waals surface area (Å²) in [5.74, 6) is -0.454. The van der Waals surface area contributed by atoms with Crippen molar-refractivity contribution in [2.24, 2.45) is 11.8 Å². The average Bonchev–Trinajstić information content (AvgIpc) is 2.68. The van der Waals surface area contributed by atoms with Gasteiger partial charge in [0.1, 0.15) is 6.04 Å². The van der Waals surface area contributed by atoms with Crippen molar-refractivity contribution in [3.8, 4) is 0 Å². The molecule has 1 aliphatic carbocycles. The second-order valence-electron chi connectivity index (χ2n) is 5.76. The van der Waals surface area contributed by atoms with Crippen molar-refractivity contribution in [3.05, 3.63) is 0 Å². The van der Waals surface area contributed by atoms with E-state index in [4.69, 9.17) is 4.74 Å². The van der Waals surface area contributed by atoms with Gasteiger partial charge >= 0.3 is 5.97 Å². The van der Waals surface area contributed by atoms with Gasteiger partial charge in [0.05, 0.1) is 6.10 Å². The smallest absolute Gasteiger partial charge is 0.326 e. The Morgan fingerprint density at radius 2 is 2.05 bits per heavy atom. The summed E-state index contributed by atoms with van der Waals surface area (Å²) in [5.41, 5.74) is 0. The number of rotatable bonds is 5. The standard InChI is InChI=1S/C14H23NO4/c1-3-19-11-6-10(7-11)8-12(16)15-5-4-9(2)13(15)14(17)18/h9-11,13H,3-8H2,1-2H3,(H,17,18). The van der Waals surface area contributed by atoms with E-state index in [0.717, 1.165) is 25.9 Å². The summed E-state index contributed by atoms with van der Waals surface area (Å²) in [6.07, 6.45) is 3.42. The van der Waals surface area contributed by atoms with Crippen molar-refractivity contribution in [2.75, 3.05) is 13.2 Å². The van der Waals surface area contributed by atoms with E-state index in [1.165, 1.54) is 0 Å². The van der Waals surface area contributed by atoms with Gasteiger partial charge in [-0.15, -0.1) is 0 Å². The van der Waals surface area contributed by atoms with Crippen LogP contribution in [0.4, 0.5) is 0 Å². The highest BCUT2D eigenvalue weighted by atomic mass is 16.5. The monoisotopic (exact) mass is 269 g/mol. The molecular formula is C14H23NO4. The Hall–Kier alpha value is -1.10. The number of likely N-dealkylation sites (tertiary alicyclic amines) is 1.